The van der Waals surface area contributed by atoms with Crippen molar-refractivity contribution in [3.8, 4) is 23.0 Å². The lowest BCUT2D eigenvalue weighted by Crippen LogP contribution is -2.20. The first kappa shape index (κ1) is 79.4. The molecule has 0 fully saturated rings. The van der Waals surface area contributed by atoms with E-state index >= 15 is 0 Å². The number of hydrogen-bond acceptors (Lipinski definition) is 18. The summed E-state index contributed by atoms with van der Waals surface area (Å²) in [7, 11) is 3.22. The molecule has 4 amide bonds. The van der Waals surface area contributed by atoms with E-state index in [4.69, 9.17) is 18.9 Å². The number of phenolic OH excluding ortho intramolecular Hbond substituents is 2. The maximum atomic E-state index is 12.5. The molecule has 0 atom stereocenters. The Morgan fingerprint density at radius 2 is 0.778 bits per heavy atom. The summed E-state index contributed by atoms with van der Waals surface area (Å²) in [4.78, 5) is 125. The van der Waals surface area contributed by atoms with Gasteiger partial charge in [-0.25, -0.2) is 19.9 Å². The van der Waals surface area contributed by atoms with Gasteiger partial charge in [0.15, 0.2) is 23.1 Å². The number of phenols is 2. The molecule has 12 rings (SSSR count). The van der Waals surface area contributed by atoms with Crippen LogP contribution in [0.2, 0.25) is 0 Å². The van der Waals surface area contributed by atoms with Crippen LogP contribution in [-0.4, -0.2) is 137 Å². The zero-order chi connectivity index (χ0) is 78.4. The second-order valence-electron chi connectivity index (χ2n) is 29.3. The number of Topliss-reactive ketones (excluding diaryl/α,β-unsaturated/α-hetero) is 4. The number of methoxy groups -OCH3 is 2. The van der Waals surface area contributed by atoms with Crippen LogP contribution in [0.25, 0.3) is 38.6 Å². The number of rotatable bonds is 20. The Morgan fingerprint density at radius 1 is 0.398 bits per heavy atom. The van der Waals surface area contributed by atoms with Crippen LogP contribution in [0.3, 0.4) is 0 Å². The molecule has 0 spiro atoms. The van der Waals surface area contributed by atoms with Gasteiger partial charge in [0.05, 0.1) is 71.5 Å². The number of H-pyrrole nitrogens is 3. The molecular weight excluding hydrogens is 1380 g/mol. The lowest BCUT2D eigenvalue weighted by atomic mass is 9.89. The molecule has 0 unspecified atom stereocenters. The second-order valence-corrected chi connectivity index (χ2v) is 29.3. The van der Waals surface area contributed by atoms with Crippen molar-refractivity contribution in [2.24, 2.45) is 21.7 Å². The van der Waals surface area contributed by atoms with Crippen LogP contribution < -0.4 is 30.7 Å². The fraction of sp³-hybridized carbons (Fsp3) is 0.268. The Kier molecular flexibility index (Phi) is 25.0. The van der Waals surface area contributed by atoms with Crippen LogP contribution in [-0.2, 0) is 9.47 Å². The molecule has 560 valence electrons. The predicted molar refractivity (Wildman–Crippen MR) is 414 cm³/mol. The van der Waals surface area contributed by atoms with Gasteiger partial charge in [-0.05, 0) is 146 Å². The molecule has 12 aromatic rings. The van der Waals surface area contributed by atoms with Crippen molar-refractivity contribution in [1.82, 2.24) is 39.3 Å². The van der Waals surface area contributed by atoms with Gasteiger partial charge in [0, 0.05) is 86.7 Å². The third-order valence-corrected chi connectivity index (χ3v) is 16.2. The van der Waals surface area contributed by atoms with Crippen LogP contribution in [0.15, 0.2) is 177 Å². The van der Waals surface area contributed by atoms with Crippen molar-refractivity contribution >= 4 is 108 Å². The van der Waals surface area contributed by atoms with E-state index in [0.29, 0.717) is 123 Å². The van der Waals surface area contributed by atoms with Gasteiger partial charge in [0.1, 0.15) is 64.7 Å². The molecule has 0 aliphatic rings. The second kappa shape index (κ2) is 34.0. The highest BCUT2D eigenvalue weighted by Crippen LogP contribution is 2.30. The summed E-state index contributed by atoms with van der Waals surface area (Å²) in [6, 6.07) is 39.7. The fourth-order valence-electron chi connectivity index (χ4n) is 10.3. The average molecular weight is 1470 g/mol. The summed E-state index contributed by atoms with van der Waals surface area (Å²) in [6.07, 6.45) is 8.10. The number of carbonyl (C=O) groups excluding carboxylic acids is 8. The highest BCUT2D eigenvalue weighted by atomic mass is 16.5. The number of aromatic amines is 3. The van der Waals surface area contributed by atoms with Crippen molar-refractivity contribution < 1.29 is 67.5 Å². The van der Waals surface area contributed by atoms with Gasteiger partial charge in [0.2, 0.25) is 0 Å². The van der Waals surface area contributed by atoms with Crippen molar-refractivity contribution in [2.45, 2.75) is 83.1 Å². The van der Waals surface area contributed by atoms with Crippen molar-refractivity contribution in [1.29, 1.82) is 0 Å². The van der Waals surface area contributed by atoms with E-state index in [1.54, 1.807) is 140 Å². The van der Waals surface area contributed by atoms with Gasteiger partial charge in [-0.3, -0.25) is 38.4 Å². The lowest BCUT2D eigenvalue weighted by molar-refractivity contribution is 0.0848. The molecule has 0 saturated carbocycles. The number of ether oxygens (including phenoxy) is 4. The Balaban J connectivity index is 0.000000167. The molecule has 0 aliphatic carbocycles. The quantitative estimate of drug-likeness (QED) is 0.0253. The van der Waals surface area contributed by atoms with Crippen molar-refractivity contribution in [2.75, 3.05) is 61.9 Å². The summed E-state index contributed by atoms with van der Waals surface area (Å²) in [5.41, 5.74) is 6.08. The summed E-state index contributed by atoms with van der Waals surface area (Å²) in [6.45, 7) is 24.3. The maximum absolute atomic E-state index is 12.5. The fourth-order valence-corrected chi connectivity index (χ4v) is 10.3. The molecule has 26 heteroatoms. The smallest absolute Gasteiger partial charge is 0.256 e. The van der Waals surface area contributed by atoms with E-state index in [2.05, 4.69) is 56.2 Å². The maximum Gasteiger partial charge on any atom is 0.256 e. The zero-order valence-electron chi connectivity index (χ0n) is 62.6. The zero-order valence-corrected chi connectivity index (χ0v) is 62.6. The number of nitrogens with zero attached hydrogens (tertiary/aromatic N) is 5. The molecule has 8 aromatic heterocycles. The van der Waals surface area contributed by atoms with Gasteiger partial charge in [-0.1, -0.05) is 83.1 Å². The Hall–Kier alpha value is -12.7. The minimum atomic E-state index is -0.506. The van der Waals surface area contributed by atoms with Gasteiger partial charge in [-0.15, -0.1) is 0 Å². The standard InChI is InChI=1S/2C22H25N3O4.2C19H19N3O3/c1-22(2,3)20(26)18-14-25-13-16(7-10-19(25)24-18)23-21(27)15-5-8-17(9-6-15)29-12-11-28-4;1-22(2,3)19(26)18-12-15-11-16(13-23-20(15)25-18)24-21(27)14-5-7-17(8-6-14)29-10-9-28-4;1-19(2,3)16(24)15-9-12-8-13(10-20-17(12)22-15)21-18(25)11-4-6-14(23)7-5-11;1-19(2,3)17(24)14-8-12-9-16(20-10-15(12)21-14)22-18(25)11-4-6-13(23)7-5-11/h5-10,13-14H,11-12H2,1-4H3,(H,23,27);5-8,11-13H,9-10H2,1-4H3,(H,23,25)(H,24,27);4-10,23H,1-3H3,(H,20,22)(H,21,25);4-10,21,23H,1-3H3,(H,20,22,25). The first-order valence-corrected chi connectivity index (χ1v) is 34.4. The van der Waals surface area contributed by atoms with Crippen LogP contribution in [0, 0.1) is 21.7 Å². The van der Waals surface area contributed by atoms with Gasteiger partial charge >= 0.3 is 0 Å². The summed E-state index contributed by atoms with van der Waals surface area (Å²) < 4.78 is 22.6. The first-order valence-electron chi connectivity index (χ1n) is 34.4. The number of carbonyl (C=O) groups is 8. The SMILES string of the molecule is CC(C)(C)C(=O)c1cc2cc(NC(=O)c3ccc(O)cc3)cnc2[nH]1.CC(C)(C)C(=O)c1cc2cc(NC(=O)c3ccc(O)cc3)ncc2[nH]1.COCCOc1ccc(C(=O)Nc2ccc3nc(C(=O)C(C)(C)C)cn3c2)cc1.COCCOc1ccc(C(=O)Nc2cnc3[nH]c(C(=O)C(C)(C)C)cc3c2)cc1. The molecule has 9 N–H and O–H groups in total. The Labute approximate surface area is 623 Å². The number of fused-ring (bicyclic) bond motifs is 4. The normalized spacial score (nSPS) is 11.5. The molecule has 8 heterocycles. The number of anilines is 4. The minimum absolute atomic E-state index is 0.000166. The number of benzene rings is 4. The highest BCUT2D eigenvalue weighted by molar-refractivity contribution is 6.09. The highest BCUT2D eigenvalue weighted by Gasteiger charge is 2.29. The number of pyridine rings is 4. The molecule has 4 aromatic carbocycles. The number of hydrogen-bond donors (Lipinski definition) is 9. The molecule has 0 bridgehead atoms. The van der Waals surface area contributed by atoms with E-state index in [9.17, 15) is 48.6 Å². The molecule has 0 radical (unpaired) electrons. The van der Waals surface area contributed by atoms with Crippen LogP contribution in [0.5, 0.6) is 23.0 Å². The topological polar surface area (TPSA) is 365 Å². The number of aromatic nitrogens is 8. The van der Waals surface area contributed by atoms with Gasteiger partial charge in [-0.2, -0.15) is 0 Å². The van der Waals surface area contributed by atoms with E-state index in [-0.39, 0.29) is 58.3 Å². The van der Waals surface area contributed by atoms with Crippen LogP contribution in [0.1, 0.15) is 166 Å². The van der Waals surface area contributed by atoms with Crippen molar-refractivity contribution in [3.63, 3.8) is 0 Å². The summed E-state index contributed by atoms with van der Waals surface area (Å²) >= 11 is 0. The molecule has 108 heavy (non-hydrogen) atoms. The number of amides is 4. The number of imidazole rings is 1. The minimum Gasteiger partial charge on any atom is -0.508 e. The van der Waals surface area contributed by atoms with Crippen LogP contribution >= 0.6 is 0 Å². The Bertz CT molecular complexity index is 4910. The first-order chi connectivity index (χ1) is 51.0. The average Bonchev–Trinajstić information content (AvgIpc) is 1.68. The Morgan fingerprint density at radius 3 is 1.19 bits per heavy atom. The van der Waals surface area contributed by atoms with Gasteiger partial charge < -0.3 is 69.8 Å². The summed E-state index contributed by atoms with van der Waals surface area (Å²) in [5, 5.41) is 32.0. The number of ketones is 4. The van der Waals surface area contributed by atoms with Gasteiger partial charge in [0.25, 0.3) is 23.6 Å². The van der Waals surface area contributed by atoms with E-state index in [0.717, 1.165) is 21.7 Å². The molecule has 26 nitrogen and oxygen atoms in total. The lowest BCUT2D eigenvalue weighted by Gasteiger charge is -2.14. The molecule has 0 saturated heterocycles. The number of aromatic hydroxyl groups is 2. The van der Waals surface area contributed by atoms with Crippen LogP contribution in [0.4, 0.5) is 22.9 Å². The van der Waals surface area contributed by atoms with E-state index in [1.807, 2.05) is 83.1 Å². The molecular formula is C82H88N12O14. The summed E-state index contributed by atoms with van der Waals surface area (Å²) in [5.74, 6) is 0.805. The van der Waals surface area contributed by atoms with Crippen molar-refractivity contribution in [3.05, 3.63) is 222 Å². The number of nitrogens with one attached hydrogen (secondary N) is 7. The largest absolute Gasteiger partial charge is 0.508 e. The third-order valence-electron chi connectivity index (χ3n) is 16.2. The van der Waals surface area contributed by atoms with E-state index in [1.165, 1.54) is 54.7 Å². The van der Waals surface area contributed by atoms with E-state index < -0.39 is 21.7 Å². The predicted octanol–water partition coefficient (Wildman–Crippen LogP) is 15.4. The third kappa shape index (κ3) is 21.3. The monoisotopic (exact) mass is 1460 g/mol. The molecule has 0 aliphatic heterocycles.